The number of sulfonamides is 1. The molecule has 0 spiro atoms. The minimum atomic E-state index is -4.06. The average molecular weight is 352 g/mol. The van der Waals surface area contributed by atoms with E-state index in [1.54, 1.807) is 24.3 Å². The van der Waals surface area contributed by atoms with E-state index in [1.165, 1.54) is 24.3 Å². The van der Waals surface area contributed by atoms with Crippen molar-refractivity contribution >= 4 is 38.1 Å². The highest BCUT2D eigenvalue weighted by Crippen LogP contribution is 2.31. The molecule has 23 heavy (non-hydrogen) atoms. The summed E-state index contributed by atoms with van der Waals surface area (Å²) in [5.41, 5.74) is -0.330. The molecule has 0 aliphatic rings. The van der Waals surface area contributed by atoms with Crippen LogP contribution in [0.5, 0.6) is 5.75 Å². The predicted octanol–water partition coefficient (Wildman–Crippen LogP) is 4.14. The molecule has 0 atom stereocenters. The number of aromatic hydroxyl groups is 1. The van der Waals surface area contributed by atoms with Crippen LogP contribution in [-0.2, 0) is 10.0 Å². The maximum Gasteiger partial charge on any atom is 0.262 e. The van der Waals surface area contributed by atoms with E-state index in [0.29, 0.717) is 15.8 Å². The molecule has 3 rings (SSSR count). The third-order valence-corrected chi connectivity index (χ3v) is 5.10. The minimum absolute atomic E-state index is 0.0276. The third kappa shape index (κ3) is 2.83. The topological polar surface area (TPSA) is 66.4 Å². The molecule has 0 aromatic heterocycles. The lowest BCUT2D eigenvalue weighted by atomic mass is 10.1. The fourth-order valence-electron chi connectivity index (χ4n) is 2.27. The van der Waals surface area contributed by atoms with Crippen LogP contribution in [0.1, 0.15) is 0 Å². The van der Waals surface area contributed by atoms with Crippen molar-refractivity contribution in [2.45, 2.75) is 4.90 Å². The van der Waals surface area contributed by atoms with Gasteiger partial charge < -0.3 is 5.11 Å². The van der Waals surface area contributed by atoms with E-state index in [1.807, 2.05) is 0 Å². The summed E-state index contributed by atoms with van der Waals surface area (Å²) in [6, 6.07) is 13.3. The number of benzene rings is 3. The molecule has 7 heteroatoms. The summed E-state index contributed by atoms with van der Waals surface area (Å²) in [5.74, 6) is -1.67. The van der Waals surface area contributed by atoms with Gasteiger partial charge in [-0.25, -0.2) is 12.8 Å². The molecule has 0 unspecified atom stereocenters. The monoisotopic (exact) mass is 351 g/mol. The maximum atomic E-state index is 13.8. The van der Waals surface area contributed by atoms with Crippen molar-refractivity contribution in [3.63, 3.8) is 0 Å². The lowest BCUT2D eigenvalue weighted by Gasteiger charge is -2.12. The van der Waals surface area contributed by atoms with Crippen molar-refractivity contribution in [3.8, 4) is 5.75 Å². The zero-order chi connectivity index (χ0) is 16.6. The molecule has 118 valence electrons. The Morgan fingerprint density at radius 1 is 0.957 bits per heavy atom. The second kappa shape index (κ2) is 5.72. The molecule has 3 aromatic rings. The third-order valence-electron chi connectivity index (χ3n) is 3.34. The molecule has 0 amide bonds. The summed E-state index contributed by atoms with van der Waals surface area (Å²) in [6.07, 6.45) is 0. The van der Waals surface area contributed by atoms with Crippen LogP contribution in [0.15, 0.2) is 59.5 Å². The molecule has 0 bridgehead atoms. The fraction of sp³-hybridized carbons (Fsp3) is 0. The van der Waals surface area contributed by atoms with Crippen molar-refractivity contribution in [1.82, 2.24) is 0 Å². The second-order valence-electron chi connectivity index (χ2n) is 4.84. The second-order valence-corrected chi connectivity index (χ2v) is 6.89. The minimum Gasteiger partial charge on any atom is -0.505 e. The molecule has 0 radical (unpaired) electrons. The Morgan fingerprint density at radius 3 is 2.39 bits per heavy atom. The first-order chi connectivity index (χ1) is 10.9. The summed E-state index contributed by atoms with van der Waals surface area (Å²) in [6.45, 7) is 0. The van der Waals surface area contributed by atoms with Gasteiger partial charge in [-0.15, -0.1) is 0 Å². The maximum absolute atomic E-state index is 13.8. The zero-order valence-electron chi connectivity index (χ0n) is 11.6. The van der Waals surface area contributed by atoms with Gasteiger partial charge in [-0.3, -0.25) is 4.72 Å². The molecule has 0 aliphatic carbocycles. The Hall–Kier alpha value is -2.31. The quantitative estimate of drug-likeness (QED) is 0.745. The number of phenols is 1. The number of anilines is 1. The van der Waals surface area contributed by atoms with Gasteiger partial charge in [-0.2, -0.15) is 0 Å². The summed E-state index contributed by atoms with van der Waals surface area (Å²) in [7, 11) is -4.06. The van der Waals surface area contributed by atoms with Crippen LogP contribution >= 0.6 is 11.6 Å². The molecule has 2 N–H and O–H groups in total. The normalized spacial score (nSPS) is 11.6. The number of phenolic OH excluding ortho intramolecular Hbond substituents is 1. The van der Waals surface area contributed by atoms with Crippen LogP contribution in [0.2, 0.25) is 5.02 Å². The largest absolute Gasteiger partial charge is 0.505 e. The van der Waals surface area contributed by atoms with Crippen LogP contribution in [0.3, 0.4) is 0 Å². The van der Waals surface area contributed by atoms with E-state index >= 15 is 0 Å². The van der Waals surface area contributed by atoms with E-state index in [0.717, 1.165) is 6.07 Å². The Balaban J connectivity index is 2.14. The van der Waals surface area contributed by atoms with Gasteiger partial charge in [-0.05, 0) is 24.3 Å². The Kier molecular flexibility index (Phi) is 3.87. The number of halogens is 2. The van der Waals surface area contributed by atoms with Crippen LogP contribution in [0.25, 0.3) is 10.8 Å². The van der Waals surface area contributed by atoms with Gasteiger partial charge in [0.25, 0.3) is 10.0 Å². The highest BCUT2D eigenvalue weighted by atomic mass is 35.5. The standard InChI is InChI=1S/C16H11ClFNO3S/c17-12-8-9-15(11-5-2-1-4-10(11)12)23(21,22)19-13-6-3-7-14(20)16(13)18/h1-9,19-20H. The van der Waals surface area contributed by atoms with Gasteiger partial charge in [0.2, 0.25) is 0 Å². The van der Waals surface area contributed by atoms with E-state index in [2.05, 4.69) is 4.72 Å². The summed E-state index contributed by atoms with van der Waals surface area (Å²) in [5, 5.41) is 10.8. The van der Waals surface area contributed by atoms with Crippen molar-refractivity contribution in [2.24, 2.45) is 0 Å². The molecular weight excluding hydrogens is 341 g/mol. The summed E-state index contributed by atoms with van der Waals surface area (Å²) >= 11 is 6.08. The molecule has 0 heterocycles. The van der Waals surface area contributed by atoms with Gasteiger partial charge in [0.15, 0.2) is 11.6 Å². The number of rotatable bonds is 3. The molecule has 3 aromatic carbocycles. The molecular formula is C16H11ClFNO3S. The van der Waals surface area contributed by atoms with Crippen molar-refractivity contribution in [2.75, 3.05) is 4.72 Å². The smallest absolute Gasteiger partial charge is 0.262 e. The van der Waals surface area contributed by atoms with Gasteiger partial charge >= 0.3 is 0 Å². The van der Waals surface area contributed by atoms with Gasteiger partial charge in [0.1, 0.15) is 0 Å². The molecule has 4 nitrogen and oxygen atoms in total. The Morgan fingerprint density at radius 2 is 1.65 bits per heavy atom. The van der Waals surface area contributed by atoms with Gasteiger partial charge in [-0.1, -0.05) is 41.9 Å². The lowest BCUT2D eigenvalue weighted by Crippen LogP contribution is -2.14. The first-order valence-corrected chi connectivity index (χ1v) is 8.44. The van der Waals surface area contributed by atoms with Gasteiger partial charge in [0.05, 0.1) is 10.6 Å². The molecule has 0 aliphatic heterocycles. The van der Waals surface area contributed by atoms with E-state index in [4.69, 9.17) is 11.6 Å². The summed E-state index contributed by atoms with van der Waals surface area (Å²) < 4.78 is 41.2. The number of hydrogen-bond donors (Lipinski definition) is 2. The van der Waals surface area contributed by atoms with Crippen LogP contribution in [0.4, 0.5) is 10.1 Å². The number of nitrogens with one attached hydrogen (secondary N) is 1. The lowest BCUT2D eigenvalue weighted by molar-refractivity contribution is 0.434. The SMILES string of the molecule is O=S(=O)(Nc1cccc(O)c1F)c1ccc(Cl)c2ccccc12. The average Bonchev–Trinajstić information content (AvgIpc) is 2.52. The summed E-state index contributed by atoms with van der Waals surface area (Å²) in [4.78, 5) is -0.0276. The predicted molar refractivity (Wildman–Crippen MR) is 87.8 cm³/mol. The molecule has 0 saturated carbocycles. The molecule has 0 fully saturated rings. The zero-order valence-corrected chi connectivity index (χ0v) is 13.2. The van der Waals surface area contributed by atoms with Crippen molar-refractivity contribution < 1.29 is 17.9 Å². The number of hydrogen-bond acceptors (Lipinski definition) is 3. The van der Waals surface area contributed by atoms with Crippen LogP contribution < -0.4 is 4.72 Å². The molecule has 0 saturated heterocycles. The first-order valence-electron chi connectivity index (χ1n) is 6.58. The van der Waals surface area contributed by atoms with E-state index in [-0.39, 0.29) is 10.6 Å². The highest BCUT2D eigenvalue weighted by Gasteiger charge is 2.20. The Labute approximate surface area is 137 Å². The van der Waals surface area contributed by atoms with E-state index < -0.39 is 21.6 Å². The highest BCUT2D eigenvalue weighted by molar-refractivity contribution is 7.93. The Bertz CT molecular complexity index is 1010. The van der Waals surface area contributed by atoms with Crippen LogP contribution in [0, 0.1) is 5.82 Å². The first kappa shape index (κ1) is 15.6. The fourth-order valence-corrected chi connectivity index (χ4v) is 3.77. The van der Waals surface area contributed by atoms with Crippen LogP contribution in [-0.4, -0.2) is 13.5 Å². The van der Waals surface area contributed by atoms with E-state index in [9.17, 15) is 17.9 Å². The van der Waals surface area contributed by atoms with Crippen molar-refractivity contribution in [3.05, 3.63) is 65.4 Å². The van der Waals surface area contributed by atoms with Gasteiger partial charge in [0, 0.05) is 15.8 Å². The van der Waals surface area contributed by atoms with Crippen molar-refractivity contribution in [1.29, 1.82) is 0 Å². The number of fused-ring (bicyclic) bond motifs is 1.